The minimum Gasteiger partial charge on any atom is -0.390 e. The Morgan fingerprint density at radius 1 is 1.45 bits per heavy atom. The van der Waals surface area contributed by atoms with Crippen molar-refractivity contribution in [2.24, 2.45) is 11.7 Å². The van der Waals surface area contributed by atoms with E-state index in [0.717, 1.165) is 23.3 Å². The standard InChI is InChI=1S/C14H18N2O3S/c1-14(19)5-4-8-9(6-14)20-13(10(8)11(15)17)16-12(18)7-2-3-7/h7,19H,2-6H2,1H3,(H2,15,17)(H,16,18). The summed E-state index contributed by atoms with van der Waals surface area (Å²) in [5.41, 5.74) is 6.07. The number of thiophene rings is 1. The molecule has 6 heteroatoms. The third-order valence-corrected chi connectivity index (χ3v) is 5.12. The summed E-state index contributed by atoms with van der Waals surface area (Å²) >= 11 is 1.37. The molecule has 1 saturated carbocycles. The number of hydrogen-bond acceptors (Lipinski definition) is 4. The van der Waals surface area contributed by atoms with Gasteiger partial charge in [-0.1, -0.05) is 0 Å². The summed E-state index contributed by atoms with van der Waals surface area (Å²) in [4.78, 5) is 24.5. The quantitative estimate of drug-likeness (QED) is 0.787. The number of primary amides is 1. The molecule has 1 aromatic heterocycles. The third kappa shape index (κ3) is 2.45. The summed E-state index contributed by atoms with van der Waals surface area (Å²) in [6.45, 7) is 1.79. The molecule has 1 fully saturated rings. The fourth-order valence-electron chi connectivity index (χ4n) is 2.66. The number of hydrogen-bond donors (Lipinski definition) is 3. The number of rotatable bonds is 3. The van der Waals surface area contributed by atoms with E-state index in [0.29, 0.717) is 29.8 Å². The monoisotopic (exact) mass is 294 g/mol. The Morgan fingerprint density at radius 2 is 2.15 bits per heavy atom. The minimum absolute atomic E-state index is 0.0298. The Balaban J connectivity index is 1.95. The van der Waals surface area contributed by atoms with Crippen molar-refractivity contribution in [1.82, 2.24) is 0 Å². The first kappa shape index (κ1) is 13.6. The molecule has 0 saturated heterocycles. The Bertz CT molecular complexity index is 587. The zero-order chi connectivity index (χ0) is 14.5. The van der Waals surface area contributed by atoms with Gasteiger partial charge in [0.15, 0.2) is 0 Å². The van der Waals surface area contributed by atoms with Crippen molar-refractivity contribution < 1.29 is 14.7 Å². The van der Waals surface area contributed by atoms with Crippen LogP contribution in [-0.2, 0) is 17.6 Å². The van der Waals surface area contributed by atoms with Gasteiger partial charge in [-0.2, -0.15) is 0 Å². The van der Waals surface area contributed by atoms with Crippen LogP contribution in [0.5, 0.6) is 0 Å². The van der Waals surface area contributed by atoms with Crippen LogP contribution in [-0.4, -0.2) is 22.5 Å². The minimum atomic E-state index is -0.745. The summed E-state index contributed by atoms with van der Waals surface area (Å²) < 4.78 is 0. The van der Waals surface area contributed by atoms with Gasteiger partial charge in [0.2, 0.25) is 5.91 Å². The highest BCUT2D eigenvalue weighted by atomic mass is 32.1. The number of nitrogens with one attached hydrogen (secondary N) is 1. The lowest BCUT2D eigenvalue weighted by molar-refractivity contribution is -0.117. The molecular formula is C14H18N2O3S. The maximum Gasteiger partial charge on any atom is 0.251 e. The Kier molecular flexibility index (Phi) is 3.10. The van der Waals surface area contributed by atoms with Crippen LogP contribution in [0.3, 0.4) is 0 Å². The van der Waals surface area contributed by atoms with Crippen molar-refractivity contribution in [2.45, 2.75) is 44.6 Å². The third-order valence-electron chi connectivity index (χ3n) is 3.98. The summed E-state index contributed by atoms with van der Waals surface area (Å²) in [6, 6.07) is 0. The molecule has 108 valence electrons. The second-order valence-corrected chi connectivity index (χ2v) is 7.11. The summed E-state index contributed by atoms with van der Waals surface area (Å²) in [5, 5.41) is 13.5. The van der Waals surface area contributed by atoms with Crippen molar-refractivity contribution in [3.8, 4) is 0 Å². The highest BCUT2D eigenvalue weighted by Crippen LogP contribution is 2.41. The van der Waals surface area contributed by atoms with Crippen molar-refractivity contribution in [2.75, 3.05) is 5.32 Å². The number of amides is 2. The molecule has 1 heterocycles. The molecule has 0 aromatic carbocycles. The van der Waals surface area contributed by atoms with Gasteiger partial charge < -0.3 is 16.2 Å². The van der Waals surface area contributed by atoms with Gasteiger partial charge in [0.25, 0.3) is 5.91 Å². The van der Waals surface area contributed by atoms with Crippen LogP contribution in [0.15, 0.2) is 0 Å². The number of carbonyl (C=O) groups is 2. The molecule has 1 unspecified atom stereocenters. The molecule has 1 aromatic rings. The van der Waals surface area contributed by atoms with E-state index in [1.165, 1.54) is 11.3 Å². The molecule has 2 aliphatic carbocycles. The molecule has 1 atom stereocenters. The Morgan fingerprint density at radius 3 is 2.75 bits per heavy atom. The van der Waals surface area contributed by atoms with E-state index in [2.05, 4.69) is 5.32 Å². The molecule has 4 N–H and O–H groups in total. The van der Waals surface area contributed by atoms with Crippen LogP contribution in [0, 0.1) is 5.92 Å². The van der Waals surface area contributed by atoms with Gasteiger partial charge >= 0.3 is 0 Å². The predicted molar refractivity (Wildman–Crippen MR) is 76.8 cm³/mol. The molecule has 0 aliphatic heterocycles. The zero-order valence-corrected chi connectivity index (χ0v) is 12.2. The molecule has 2 amide bonds. The van der Waals surface area contributed by atoms with E-state index in [1.807, 2.05) is 0 Å². The van der Waals surface area contributed by atoms with Crippen molar-refractivity contribution in [3.63, 3.8) is 0 Å². The second-order valence-electron chi connectivity index (χ2n) is 6.01. The van der Waals surface area contributed by atoms with E-state index >= 15 is 0 Å². The topological polar surface area (TPSA) is 92.4 Å². The van der Waals surface area contributed by atoms with E-state index in [-0.39, 0.29) is 11.8 Å². The fourth-order valence-corrected chi connectivity index (χ4v) is 4.09. The number of carbonyl (C=O) groups excluding carboxylic acids is 2. The van der Waals surface area contributed by atoms with Crippen LogP contribution in [0.4, 0.5) is 5.00 Å². The van der Waals surface area contributed by atoms with E-state index < -0.39 is 11.5 Å². The van der Waals surface area contributed by atoms with Crippen molar-refractivity contribution in [1.29, 1.82) is 0 Å². The van der Waals surface area contributed by atoms with Crippen LogP contribution >= 0.6 is 11.3 Å². The van der Waals surface area contributed by atoms with E-state index in [4.69, 9.17) is 5.73 Å². The average molecular weight is 294 g/mol. The molecule has 0 bridgehead atoms. The highest BCUT2D eigenvalue weighted by Gasteiger charge is 2.35. The van der Waals surface area contributed by atoms with Crippen LogP contribution < -0.4 is 11.1 Å². The van der Waals surface area contributed by atoms with Crippen molar-refractivity contribution in [3.05, 3.63) is 16.0 Å². The first-order valence-electron chi connectivity index (χ1n) is 6.85. The van der Waals surface area contributed by atoms with E-state index in [1.54, 1.807) is 6.92 Å². The maximum absolute atomic E-state index is 11.9. The first-order valence-corrected chi connectivity index (χ1v) is 7.66. The summed E-state index contributed by atoms with van der Waals surface area (Å²) in [6.07, 6.45) is 3.56. The molecule has 0 spiro atoms. The summed E-state index contributed by atoms with van der Waals surface area (Å²) in [5.74, 6) is -0.453. The second kappa shape index (κ2) is 4.56. The van der Waals surface area contributed by atoms with Crippen LogP contribution in [0.25, 0.3) is 0 Å². The highest BCUT2D eigenvalue weighted by molar-refractivity contribution is 7.17. The largest absolute Gasteiger partial charge is 0.390 e. The van der Waals surface area contributed by atoms with Crippen LogP contribution in [0.1, 0.15) is 47.0 Å². The lowest BCUT2D eigenvalue weighted by atomic mass is 9.85. The molecule has 2 aliphatic rings. The number of nitrogens with two attached hydrogens (primary N) is 1. The lowest BCUT2D eigenvalue weighted by Crippen LogP contribution is -2.32. The molecule has 3 rings (SSSR count). The van der Waals surface area contributed by atoms with Gasteiger partial charge in [-0.05, 0) is 38.2 Å². The lowest BCUT2D eigenvalue weighted by Gasteiger charge is -2.27. The molecule has 20 heavy (non-hydrogen) atoms. The first-order chi connectivity index (χ1) is 9.37. The average Bonchev–Trinajstić information content (AvgIpc) is 3.10. The zero-order valence-electron chi connectivity index (χ0n) is 11.4. The Hall–Kier alpha value is -1.40. The maximum atomic E-state index is 11.9. The number of fused-ring (bicyclic) bond motifs is 1. The van der Waals surface area contributed by atoms with Crippen LogP contribution in [0.2, 0.25) is 0 Å². The SMILES string of the molecule is CC1(O)CCc2c(sc(NC(=O)C3CC3)c2C(N)=O)C1. The number of anilines is 1. The van der Waals surface area contributed by atoms with Gasteiger partial charge in [0.05, 0.1) is 11.2 Å². The molecule has 5 nitrogen and oxygen atoms in total. The molecular weight excluding hydrogens is 276 g/mol. The van der Waals surface area contributed by atoms with E-state index in [9.17, 15) is 14.7 Å². The van der Waals surface area contributed by atoms with Gasteiger partial charge in [-0.3, -0.25) is 9.59 Å². The van der Waals surface area contributed by atoms with Gasteiger partial charge in [0.1, 0.15) is 5.00 Å². The summed E-state index contributed by atoms with van der Waals surface area (Å²) in [7, 11) is 0. The predicted octanol–water partition coefficient (Wildman–Crippen LogP) is 1.44. The molecule has 0 radical (unpaired) electrons. The Labute approximate surface area is 121 Å². The van der Waals surface area contributed by atoms with Gasteiger partial charge in [-0.15, -0.1) is 11.3 Å². The number of aliphatic hydroxyl groups is 1. The smallest absolute Gasteiger partial charge is 0.251 e. The normalized spacial score (nSPS) is 25.1. The van der Waals surface area contributed by atoms with Gasteiger partial charge in [-0.25, -0.2) is 0 Å². The van der Waals surface area contributed by atoms with Gasteiger partial charge in [0, 0.05) is 17.2 Å². The van der Waals surface area contributed by atoms with Crippen molar-refractivity contribution >= 4 is 28.2 Å². The fraction of sp³-hybridized carbons (Fsp3) is 0.571.